The maximum atomic E-state index is 11.4. The summed E-state index contributed by atoms with van der Waals surface area (Å²) in [6, 6.07) is 0. The summed E-state index contributed by atoms with van der Waals surface area (Å²) in [5.41, 5.74) is 0.167. The third-order valence-electron chi connectivity index (χ3n) is 5.09. The largest absolute Gasteiger partial charge is 0.478 e. The summed E-state index contributed by atoms with van der Waals surface area (Å²) in [5, 5.41) is 67.6. The van der Waals surface area contributed by atoms with Crippen molar-refractivity contribution in [3.63, 3.8) is 0 Å². The molecule has 0 aromatic rings. The van der Waals surface area contributed by atoms with E-state index in [-0.39, 0.29) is 12.2 Å². The number of carboxylic acid groups (broad SMARTS) is 1. The van der Waals surface area contributed by atoms with Crippen molar-refractivity contribution in [2.24, 2.45) is 11.8 Å². The number of carboxylic acids is 1. The number of aliphatic hydroxyl groups excluding tert-OH is 6. The van der Waals surface area contributed by atoms with E-state index >= 15 is 0 Å². The molecule has 0 spiro atoms. The zero-order valence-electron chi connectivity index (χ0n) is 14.0. The molecule has 7 N–H and O–H groups in total. The van der Waals surface area contributed by atoms with Crippen LogP contribution in [0.2, 0.25) is 0 Å². The molecule has 2 aliphatic heterocycles. The van der Waals surface area contributed by atoms with E-state index in [1.807, 2.05) is 0 Å². The average Bonchev–Trinajstić information content (AvgIpc) is 2.98. The van der Waals surface area contributed by atoms with E-state index in [1.54, 1.807) is 0 Å². The van der Waals surface area contributed by atoms with Crippen LogP contribution in [0.15, 0.2) is 23.5 Å². The smallest absolute Gasteiger partial charge is 0.335 e. The average molecular weight is 390 g/mol. The molecule has 0 radical (unpaired) electrons. The van der Waals surface area contributed by atoms with Crippen LogP contribution in [0.25, 0.3) is 0 Å². The second kappa shape index (κ2) is 7.81. The van der Waals surface area contributed by atoms with Crippen LogP contribution in [0.1, 0.15) is 0 Å². The lowest BCUT2D eigenvalue weighted by atomic mass is 9.82. The van der Waals surface area contributed by atoms with Crippen LogP contribution in [-0.4, -0.2) is 98.0 Å². The molecular formula is C16H22O11. The van der Waals surface area contributed by atoms with Crippen molar-refractivity contribution in [2.75, 3.05) is 13.2 Å². The van der Waals surface area contributed by atoms with Crippen LogP contribution in [-0.2, 0) is 19.0 Å². The van der Waals surface area contributed by atoms with E-state index in [0.717, 1.165) is 6.26 Å². The highest BCUT2D eigenvalue weighted by Gasteiger charge is 2.49. The first-order valence-electron chi connectivity index (χ1n) is 8.34. The molecule has 3 rings (SSSR count). The first kappa shape index (κ1) is 20.2. The van der Waals surface area contributed by atoms with Gasteiger partial charge in [-0.1, -0.05) is 6.08 Å². The fourth-order valence-corrected chi connectivity index (χ4v) is 3.65. The molecule has 27 heavy (non-hydrogen) atoms. The molecule has 0 aromatic carbocycles. The Bertz CT molecular complexity index is 632. The van der Waals surface area contributed by atoms with Crippen LogP contribution < -0.4 is 0 Å². The Morgan fingerprint density at radius 3 is 2.41 bits per heavy atom. The molecule has 0 saturated carbocycles. The van der Waals surface area contributed by atoms with Crippen molar-refractivity contribution < 1.29 is 54.8 Å². The summed E-state index contributed by atoms with van der Waals surface area (Å²) in [6.45, 7) is -0.818. The van der Waals surface area contributed by atoms with Crippen molar-refractivity contribution in [3.8, 4) is 0 Å². The van der Waals surface area contributed by atoms with Gasteiger partial charge >= 0.3 is 5.97 Å². The summed E-state index contributed by atoms with van der Waals surface area (Å²) >= 11 is 0. The zero-order chi connectivity index (χ0) is 19.9. The number of aliphatic carboxylic acids is 1. The van der Waals surface area contributed by atoms with Gasteiger partial charge in [0.25, 0.3) is 0 Å². The quantitative estimate of drug-likeness (QED) is 0.233. The normalized spacial score (nSPS) is 44.1. The topological polar surface area (TPSA) is 186 Å². The molecule has 1 aliphatic carbocycles. The molecule has 0 unspecified atom stereocenters. The molecule has 9 atom stereocenters. The third kappa shape index (κ3) is 3.60. The lowest BCUT2D eigenvalue weighted by Crippen LogP contribution is -2.59. The highest BCUT2D eigenvalue weighted by Crippen LogP contribution is 2.43. The standard InChI is InChI=1S/C16H22O11/c17-2-5-1-7(18)10-6(14(22)23)3-25-16(9(5)10)26-4-8-11(19)12(20)13(21)15(24)27-8/h1,3,7-13,15-21,24H,2,4H2,(H,22,23)/t7-,8+,9+,10-,11+,12-,13+,15+,16-/m0/s1. The Morgan fingerprint density at radius 2 is 1.78 bits per heavy atom. The SMILES string of the molecule is O=C(O)C1=CO[C@@H](OC[C@H]2O[C@@H](O)[C@H](O)[C@@H](O)[C@@H]2O)[C@@H]2C(CO)=C[C@H](O)[C@H]12. The highest BCUT2D eigenvalue weighted by molar-refractivity contribution is 5.87. The van der Waals surface area contributed by atoms with Gasteiger partial charge in [-0.3, -0.25) is 0 Å². The van der Waals surface area contributed by atoms with Crippen molar-refractivity contribution in [1.82, 2.24) is 0 Å². The van der Waals surface area contributed by atoms with Crippen molar-refractivity contribution in [2.45, 2.75) is 43.1 Å². The van der Waals surface area contributed by atoms with E-state index in [9.17, 15) is 40.5 Å². The van der Waals surface area contributed by atoms with Gasteiger partial charge in [0.1, 0.15) is 24.4 Å². The Kier molecular flexibility index (Phi) is 5.84. The van der Waals surface area contributed by atoms with Crippen LogP contribution in [0, 0.1) is 11.8 Å². The van der Waals surface area contributed by atoms with Gasteiger partial charge < -0.3 is 50.0 Å². The summed E-state index contributed by atoms with van der Waals surface area (Å²) in [6.07, 6.45) is -7.76. The molecule has 11 heteroatoms. The Labute approximate surface area is 153 Å². The number of rotatable bonds is 5. The van der Waals surface area contributed by atoms with Gasteiger partial charge in [-0.15, -0.1) is 0 Å². The minimum Gasteiger partial charge on any atom is -0.478 e. The van der Waals surface area contributed by atoms with Crippen LogP contribution in [0.3, 0.4) is 0 Å². The zero-order valence-corrected chi connectivity index (χ0v) is 14.0. The molecule has 0 aromatic heterocycles. The van der Waals surface area contributed by atoms with Gasteiger partial charge in [-0.05, 0) is 5.57 Å². The number of hydrogen-bond donors (Lipinski definition) is 7. The number of hydrogen-bond acceptors (Lipinski definition) is 10. The number of ether oxygens (including phenoxy) is 3. The lowest BCUT2D eigenvalue weighted by molar-refractivity contribution is -0.297. The first-order chi connectivity index (χ1) is 12.8. The molecule has 3 aliphatic rings. The molecule has 2 heterocycles. The van der Waals surface area contributed by atoms with Crippen molar-refractivity contribution in [1.29, 1.82) is 0 Å². The lowest BCUT2D eigenvalue weighted by Gasteiger charge is -2.40. The third-order valence-corrected chi connectivity index (χ3v) is 5.09. The van der Waals surface area contributed by atoms with E-state index in [2.05, 4.69) is 0 Å². The van der Waals surface area contributed by atoms with Crippen LogP contribution in [0.4, 0.5) is 0 Å². The van der Waals surface area contributed by atoms with E-state index in [1.165, 1.54) is 6.08 Å². The summed E-state index contributed by atoms with van der Waals surface area (Å²) in [5.74, 6) is -2.96. The number of aliphatic hydroxyl groups is 6. The monoisotopic (exact) mass is 390 g/mol. The fraction of sp³-hybridized carbons (Fsp3) is 0.688. The molecule has 152 valence electrons. The van der Waals surface area contributed by atoms with Gasteiger partial charge in [0, 0.05) is 5.92 Å². The molecular weight excluding hydrogens is 368 g/mol. The fourth-order valence-electron chi connectivity index (χ4n) is 3.65. The molecule has 1 saturated heterocycles. The Morgan fingerprint density at radius 1 is 1.07 bits per heavy atom. The predicted octanol–water partition coefficient (Wildman–Crippen LogP) is -3.35. The highest BCUT2D eigenvalue weighted by atomic mass is 16.7. The van der Waals surface area contributed by atoms with Gasteiger partial charge in [0.15, 0.2) is 6.29 Å². The van der Waals surface area contributed by atoms with Crippen LogP contribution >= 0.6 is 0 Å². The second-order valence-electron chi connectivity index (χ2n) is 6.69. The van der Waals surface area contributed by atoms with Gasteiger partial charge in [-0.2, -0.15) is 0 Å². The Balaban J connectivity index is 1.73. The maximum Gasteiger partial charge on any atom is 0.335 e. The van der Waals surface area contributed by atoms with Gasteiger partial charge in [0.05, 0.1) is 37.1 Å². The molecule has 1 fully saturated rings. The predicted molar refractivity (Wildman–Crippen MR) is 83.6 cm³/mol. The van der Waals surface area contributed by atoms with E-state index in [4.69, 9.17) is 14.2 Å². The molecule has 11 nitrogen and oxygen atoms in total. The minimum absolute atomic E-state index is 0.171. The Hall–Kier alpha value is -1.57. The maximum absolute atomic E-state index is 11.4. The van der Waals surface area contributed by atoms with E-state index < -0.39 is 67.5 Å². The summed E-state index contributed by atoms with van der Waals surface area (Å²) < 4.78 is 15.9. The second-order valence-corrected chi connectivity index (χ2v) is 6.69. The molecule has 0 bridgehead atoms. The van der Waals surface area contributed by atoms with Gasteiger partial charge in [-0.25, -0.2) is 4.79 Å². The molecule has 0 amide bonds. The summed E-state index contributed by atoms with van der Waals surface area (Å²) in [7, 11) is 0. The first-order valence-corrected chi connectivity index (χ1v) is 8.34. The van der Waals surface area contributed by atoms with Crippen LogP contribution in [0.5, 0.6) is 0 Å². The van der Waals surface area contributed by atoms with E-state index in [0.29, 0.717) is 5.57 Å². The number of carbonyl (C=O) groups is 1. The van der Waals surface area contributed by atoms with Crippen molar-refractivity contribution >= 4 is 5.97 Å². The number of fused-ring (bicyclic) bond motifs is 1. The van der Waals surface area contributed by atoms with Gasteiger partial charge in [0.2, 0.25) is 6.29 Å². The summed E-state index contributed by atoms with van der Waals surface area (Å²) in [4.78, 5) is 11.4. The van der Waals surface area contributed by atoms with Crippen molar-refractivity contribution in [3.05, 3.63) is 23.5 Å². The minimum atomic E-state index is -1.73.